The van der Waals surface area contributed by atoms with Gasteiger partial charge in [0.2, 0.25) is 0 Å². The van der Waals surface area contributed by atoms with Crippen molar-refractivity contribution in [2.24, 2.45) is 0 Å². The van der Waals surface area contributed by atoms with Crippen LogP contribution >= 0.6 is 0 Å². The molecule has 0 aromatic heterocycles. The van der Waals surface area contributed by atoms with Gasteiger partial charge in [0.15, 0.2) is 0 Å². The van der Waals surface area contributed by atoms with E-state index in [0.29, 0.717) is 0 Å². The van der Waals surface area contributed by atoms with E-state index < -0.39 is 0 Å². The van der Waals surface area contributed by atoms with Crippen LogP contribution in [0.4, 0.5) is 68.2 Å². The maximum absolute atomic E-state index is 2.35. The first kappa shape index (κ1) is 63.6. The van der Waals surface area contributed by atoms with Gasteiger partial charge in [0.1, 0.15) is 0 Å². The Kier molecular flexibility index (Phi) is 17.9. The number of nitrogens with zero attached hydrogens (tertiary/aromatic N) is 4. The highest BCUT2D eigenvalue weighted by Crippen LogP contribution is 2.44. The highest BCUT2D eigenvalue weighted by Gasteiger charge is 2.20. The fourth-order valence-corrected chi connectivity index (χ4v) is 14.4. The summed E-state index contributed by atoms with van der Waals surface area (Å²) in [7, 11) is 0. The highest BCUT2D eigenvalue weighted by atomic mass is 15.2. The third-order valence-electron chi connectivity index (χ3n) is 19.7. The van der Waals surface area contributed by atoms with Gasteiger partial charge < -0.3 is 19.6 Å². The Labute approximate surface area is 608 Å². The third kappa shape index (κ3) is 13.3. The van der Waals surface area contributed by atoms with Gasteiger partial charge in [-0.05, 0) is 210 Å². The van der Waals surface area contributed by atoms with E-state index in [1.165, 1.54) is 87.6 Å². The molecule has 0 aliphatic heterocycles. The first-order valence-corrected chi connectivity index (χ1v) is 35.5. The molecule has 4 heteroatoms. The van der Waals surface area contributed by atoms with Gasteiger partial charge in [-0.15, -0.1) is 0 Å². The standard InChI is InChI=1S/2C50H36N2/c1-3-17-43(18-4-1)51(49-23-11-15-41-13-7-9-21-47(41)49)45-33-29-39(30-34-45)37-25-27-38(28-26-37)40-31-35-46(36-32-40)52(44-19-5-2-6-20-44)50-24-12-16-42-14-8-10-22-48(42)50;1-3-15-45(16-4-1)51(49-33-27-37-11-7-9-13-43(37)35-49)47-29-23-41(24-30-47)39-19-21-40(22-20-39)42-25-31-48(32-26-42)52(46-17-5-2-6-18-46)50-34-28-38-12-8-10-14-44(38)36-50/h2*1-36H. The minimum absolute atomic E-state index is 1.12. The van der Waals surface area contributed by atoms with E-state index in [1.807, 2.05) is 0 Å². The lowest BCUT2D eigenvalue weighted by molar-refractivity contribution is 1.29. The molecule has 492 valence electrons. The van der Waals surface area contributed by atoms with Gasteiger partial charge in [-0.3, -0.25) is 0 Å². The van der Waals surface area contributed by atoms with Crippen LogP contribution in [0.15, 0.2) is 437 Å². The van der Waals surface area contributed by atoms with Gasteiger partial charge in [0.25, 0.3) is 0 Å². The predicted octanol–water partition coefficient (Wildman–Crippen LogP) is 28.5. The molecule has 0 amide bonds. The van der Waals surface area contributed by atoms with Crippen LogP contribution < -0.4 is 19.6 Å². The van der Waals surface area contributed by atoms with Crippen molar-refractivity contribution in [3.8, 4) is 44.5 Å². The van der Waals surface area contributed by atoms with E-state index >= 15 is 0 Å². The van der Waals surface area contributed by atoms with Crippen molar-refractivity contribution in [2.75, 3.05) is 19.6 Å². The van der Waals surface area contributed by atoms with E-state index in [4.69, 9.17) is 0 Å². The second-order valence-corrected chi connectivity index (χ2v) is 26.1. The quantitative estimate of drug-likeness (QED) is 0.0956. The summed E-state index contributed by atoms with van der Waals surface area (Å²) in [6.45, 7) is 0. The fraction of sp³-hybridized carbons (Fsp3) is 0. The molecule has 0 radical (unpaired) electrons. The number of fused-ring (bicyclic) bond motifs is 4. The molecule has 0 aliphatic carbocycles. The Morgan fingerprint density at radius 2 is 0.317 bits per heavy atom. The molecule has 104 heavy (non-hydrogen) atoms. The number of hydrogen-bond donors (Lipinski definition) is 0. The highest BCUT2D eigenvalue weighted by molar-refractivity contribution is 6.01. The van der Waals surface area contributed by atoms with Crippen molar-refractivity contribution >= 4 is 111 Å². The Morgan fingerprint density at radius 3 is 0.615 bits per heavy atom. The number of para-hydroxylation sites is 4. The van der Waals surface area contributed by atoms with Crippen LogP contribution in [0, 0.1) is 0 Å². The molecule has 0 bridgehead atoms. The van der Waals surface area contributed by atoms with Crippen LogP contribution in [0.25, 0.3) is 87.6 Å². The van der Waals surface area contributed by atoms with Crippen molar-refractivity contribution in [1.82, 2.24) is 0 Å². The third-order valence-corrected chi connectivity index (χ3v) is 19.7. The molecular formula is C100H72N4. The predicted molar refractivity (Wildman–Crippen MR) is 443 cm³/mol. The van der Waals surface area contributed by atoms with Gasteiger partial charge in [-0.1, -0.05) is 303 Å². The molecule has 0 heterocycles. The number of rotatable bonds is 16. The monoisotopic (exact) mass is 1330 g/mol. The first-order chi connectivity index (χ1) is 51.6. The zero-order valence-electron chi connectivity index (χ0n) is 57.4. The van der Waals surface area contributed by atoms with E-state index in [0.717, 1.165) is 68.2 Å². The van der Waals surface area contributed by atoms with Gasteiger partial charge in [-0.25, -0.2) is 0 Å². The smallest absolute Gasteiger partial charge is 0.0540 e. The molecular weight excluding hydrogens is 1260 g/mol. The zero-order valence-corrected chi connectivity index (χ0v) is 57.4. The normalized spacial score (nSPS) is 11.1. The van der Waals surface area contributed by atoms with Crippen LogP contribution in [0.3, 0.4) is 0 Å². The first-order valence-electron chi connectivity index (χ1n) is 35.5. The van der Waals surface area contributed by atoms with Crippen molar-refractivity contribution in [3.63, 3.8) is 0 Å². The molecule has 0 N–H and O–H groups in total. The second kappa shape index (κ2) is 29.2. The molecule has 4 nitrogen and oxygen atoms in total. The summed E-state index contributed by atoms with van der Waals surface area (Å²) < 4.78 is 0. The van der Waals surface area contributed by atoms with Crippen LogP contribution in [-0.2, 0) is 0 Å². The van der Waals surface area contributed by atoms with Gasteiger partial charge in [0, 0.05) is 67.6 Å². The van der Waals surface area contributed by atoms with Gasteiger partial charge >= 0.3 is 0 Å². The molecule has 0 saturated heterocycles. The molecule has 0 spiro atoms. The summed E-state index contributed by atoms with van der Waals surface area (Å²) in [5, 5.41) is 9.84. The van der Waals surface area contributed by atoms with E-state index in [-0.39, 0.29) is 0 Å². The molecule has 0 atom stereocenters. The van der Waals surface area contributed by atoms with Crippen LogP contribution in [0.5, 0.6) is 0 Å². The summed E-state index contributed by atoms with van der Waals surface area (Å²) in [6.07, 6.45) is 0. The van der Waals surface area contributed by atoms with Gasteiger partial charge in [-0.2, -0.15) is 0 Å². The van der Waals surface area contributed by atoms with Crippen LogP contribution in [-0.4, -0.2) is 0 Å². The topological polar surface area (TPSA) is 13.0 Å². The average molecular weight is 1330 g/mol. The maximum Gasteiger partial charge on any atom is 0.0540 e. The summed E-state index contributed by atoms with van der Waals surface area (Å²) in [5.74, 6) is 0. The maximum atomic E-state index is 2.35. The minimum atomic E-state index is 1.12. The summed E-state index contributed by atoms with van der Waals surface area (Å²) in [6, 6.07) is 156. The largest absolute Gasteiger partial charge is 0.310 e. The van der Waals surface area contributed by atoms with Crippen molar-refractivity contribution in [1.29, 1.82) is 0 Å². The second-order valence-electron chi connectivity index (χ2n) is 26.1. The lowest BCUT2D eigenvalue weighted by atomic mass is 9.99. The lowest BCUT2D eigenvalue weighted by Crippen LogP contribution is -2.10. The van der Waals surface area contributed by atoms with Crippen LogP contribution in [0.1, 0.15) is 0 Å². The molecule has 18 aromatic rings. The summed E-state index contributed by atoms with van der Waals surface area (Å²) >= 11 is 0. The molecule has 0 aliphatic rings. The molecule has 18 rings (SSSR count). The Hall–Kier alpha value is -13.8. The van der Waals surface area contributed by atoms with Crippen molar-refractivity contribution < 1.29 is 0 Å². The Bertz CT molecular complexity index is 5550. The SMILES string of the molecule is c1ccc(N(c2ccc(-c3ccc(-c4ccc(N(c5ccccc5)c5ccc6ccccc6c5)cc4)cc3)cc2)c2ccc3ccccc3c2)cc1.c1ccc(N(c2ccc(-c3ccc(-c4ccc(N(c5ccccc5)c5cccc6ccccc56)cc4)cc3)cc2)c2cccc3ccccc23)cc1. The zero-order chi connectivity index (χ0) is 69.4. The Balaban J connectivity index is 0.000000154. The summed E-state index contributed by atoms with van der Waals surface area (Å²) in [5.41, 5.74) is 23.1. The molecule has 0 saturated carbocycles. The summed E-state index contributed by atoms with van der Waals surface area (Å²) in [4.78, 5) is 9.33. The molecule has 0 unspecified atom stereocenters. The van der Waals surface area contributed by atoms with Crippen LogP contribution in [0.2, 0.25) is 0 Å². The van der Waals surface area contributed by atoms with Gasteiger partial charge in [0.05, 0.1) is 11.4 Å². The number of hydrogen-bond acceptors (Lipinski definition) is 4. The fourth-order valence-electron chi connectivity index (χ4n) is 14.4. The van der Waals surface area contributed by atoms with E-state index in [9.17, 15) is 0 Å². The van der Waals surface area contributed by atoms with Crippen molar-refractivity contribution in [3.05, 3.63) is 437 Å². The lowest BCUT2D eigenvalue weighted by Gasteiger charge is -2.27. The van der Waals surface area contributed by atoms with Crippen molar-refractivity contribution in [2.45, 2.75) is 0 Å². The average Bonchev–Trinajstić information content (AvgIpc) is 0.793. The van der Waals surface area contributed by atoms with E-state index in [1.54, 1.807) is 0 Å². The van der Waals surface area contributed by atoms with E-state index in [2.05, 4.69) is 456 Å². The minimum Gasteiger partial charge on any atom is -0.310 e. The molecule has 18 aromatic carbocycles. The Morgan fingerprint density at radius 1 is 0.115 bits per heavy atom. The molecule has 0 fully saturated rings. The number of benzene rings is 18. The number of anilines is 12.